The largest absolute Gasteiger partial charge is 0.465 e. The SMILES string of the molecule is COC(=O)c1c(NC(=O)c2nn(C)c3ccc(C)cc3c2=O)sc2c1CCCC2. The third kappa shape index (κ3) is 3.33. The van der Waals surface area contributed by atoms with Gasteiger partial charge in [-0.25, -0.2) is 4.79 Å². The smallest absolute Gasteiger partial charge is 0.341 e. The van der Waals surface area contributed by atoms with Crippen LogP contribution < -0.4 is 10.7 Å². The molecule has 2 aromatic heterocycles. The number of carbonyl (C=O) groups excluding carboxylic acids is 2. The van der Waals surface area contributed by atoms with Crippen LogP contribution in [0, 0.1) is 6.92 Å². The van der Waals surface area contributed by atoms with Crippen LogP contribution in [-0.2, 0) is 24.6 Å². The van der Waals surface area contributed by atoms with Crippen LogP contribution in [0.25, 0.3) is 10.9 Å². The zero-order chi connectivity index (χ0) is 20.7. The standard InChI is InChI=1S/C21H21N3O4S/c1-11-8-9-14-13(10-11)18(25)17(23-24(14)2)19(26)22-20-16(21(27)28-3)12-6-4-5-7-15(12)29-20/h8-10H,4-7H2,1-3H3,(H,22,26). The van der Waals surface area contributed by atoms with Gasteiger partial charge in [0.05, 0.1) is 23.6 Å². The van der Waals surface area contributed by atoms with Gasteiger partial charge >= 0.3 is 5.97 Å². The molecule has 2 heterocycles. The number of esters is 1. The van der Waals surface area contributed by atoms with Gasteiger partial charge in [0.2, 0.25) is 5.43 Å². The first-order valence-electron chi connectivity index (χ1n) is 9.42. The highest BCUT2D eigenvalue weighted by molar-refractivity contribution is 7.17. The number of aryl methyl sites for hydroxylation is 3. The van der Waals surface area contributed by atoms with Gasteiger partial charge in [0.25, 0.3) is 5.91 Å². The van der Waals surface area contributed by atoms with E-state index < -0.39 is 17.3 Å². The molecular weight excluding hydrogens is 390 g/mol. The van der Waals surface area contributed by atoms with Crippen molar-refractivity contribution in [3.63, 3.8) is 0 Å². The van der Waals surface area contributed by atoms with Crippen molar-refractivity contribution < 1.29 is 14.3 Å². The fourth-order valence-corrected chi connectivity index (χ4v) is 5.05. The molecule has 3 aromatic rings. The van der Waals surface area contributed by atoms with Crippen LogP contribution in [0.3, 0.4) is 0 Å². The number of nitrogens with one attached hydrogen (secondary N) is 1. The van der Waals surface area contributed by atoms with Crippen LogP contribution >= 0.6 is 11.3 Å². The molecule has 0 spiro atoms. The molecule has 0 bridgehead atoms. The van der Waals surface area contributed by atoms with Gasteiger partial charge in [-0.15, -0.1) is 11.3 Å². The van der Waals surface area contributed by atoms with Gasteiger partial charge in [0.15, 0.2) is 5.69 Å². The summed E-state index contributed by atoms with van der Waals surface area (Å²) in [5.41, 5.74) is 2.28. The van der Waals surface area contributed by atoms with Crippen LogP contribution in [0.15, 0.2) is 23.0 Å². The first-order chi connectivity index (χ1) is 13.9. The summed E-state index contributed by atoms with van der Waals surface area (Å²) in [5, 5.41) is 7.79. The summed E-state index contributed by atoms with van der Waals surface area (Å²) >= 11 is 1.38. The van der Waals surface area contributed by atoms with E-state index in [1.807, 2.05) is 19.1 Å². The van der Waals surface area contributed by atoms with Crippen LogP contribution in [0.1, 0.15) is 49.7 Å². The molecule has 1 aliphatic rings. The third-order valence-electron chi connectivity index (χ3n) is 5.21. The molecule has 1 N–H and O–H groups in total. The van der Waals surface area contributed by atoms with Crippen molar-refractivity contribution in [3.8, 4) is 0 Å². The van der Waals surface area contributed by atoms with Crippen molar-refractivity contribution >= 4 is 39.1 Å². The Kier molecular flexibility index (Phi) is 4.96. The highest BCUT2D eigenvalue weighted by Gasteiger charge is 2.28. The number of rotatable bonds is 3. The number of amides is 1. The second-order valence-electron chi connectivity index (χ2n) is 7.18. The molecule has 29 heavy (non-hydrogen) atoms. The number of anilines is 1. The van der Waals surface area contributed by atoms with E-state index in [2.05, 4.69) is 10.4 Å². The number of aromatic nitrogens is 2. The van der Waals surface area contributed by atoms with E-state index in [4.69, 9.17) is 4.74 Å². The van der Waals surface area contributed by atoms with Gasteiger partial charge in [-0.05, 0) is 50.3 Å². The van der Waals surface area contributed by atoms with Crippen molar-refractivity contribution in [1.82, 2.24) is 9.78 Å². The first-order valence-corrected chi connectivity index (χ1v) is 10.2. The van der Waals surface area contributed by atoms with Crippen LogP contribution in [0.5, 0.6) is 0 Å². The van der Waals surface area contributed by atoms with E-state index in [1.54, 1.807) is 13.1 Å². The van der Waals surface area contributed by atoms with Crippen molar-refractivity contribution in [3.05, 3.63) is 55.7 Å². The molecule has 0 saturated carbocycles. The average molecular weight is 411 g/mol. The molecule has 1 amide bonds. The number of fused-ring (bicyclic) bond motifs is 2. The fourth-order valence-electron chi connectivity index (χ4n) is 3.77. The van der Waals surface area contributed by atoms with Crippen LogP contribution in [0.2, 0.25) is 0 Å². The second kappa shape index (κ2) is 7.44. The predicted octanol–water partition coefficient (Wildman–Crippen LogP) is 3.22. The number of carbonyl (C=O) groups is 2. The van der Waals surface area contributed by atoms with Crippen molar-refractivity contribution in [2.45, 2.75) is 32.6 Å². The average Bonchev–Trinajstić information content (AvgIpc) is 3.07. The van der Waals surface area contributed by atoms with E-state index in [9.17, 15) is 14.4 Å². The minimum absolute atomic E-state index is 0.201. The topological polar surface area (TPSA) is 90.3 Å². The summed E-state index contributed by atoms with van der Waals surface area (Å²) in [5.74, 6) is -1.10. The summed E-state index contributed by atoms with van der Waals surface area (Å²) < 4.78 is 6.46. The number of hydrogen-bond donors (Lipinski definition) is 1. The lowest BCUT2D eigenvalue weighted by Crippen LogP contribution is -2.26. The molecule has 8 heteroatoms. The monoisotopic (exact) mass is 411 g/mol. The molecule has 0 aliphatic heterocycles. The lowest BCUT2D eigenvalue weighted by molar-refractivity contribution is 0.0601. The third-order valence-corrected chi connectivity index (χ3v) is 6.42. The Morgan fingerprint density at radius 3 is 2.76 bits per heavy atom. The molecule has 7 nitrogen and oxygen atoms in total. The Labute approximate surface area is 171 Å². The number of hydrogen-bond acceptors (Lipinski definition) is 6. The van der Waals surface area contributed by atoms with Crippen molar-refractivity contribution in [2.75, 3.05) is 12.4 Å². The Morgan fingerprint density at radius 1 is 1.24 bits per heavy atom. The molecule has 150 valence electrons. The van der Waals surface area contributed by atoms with E-state index in [0.29, 0.717) is 21.5 Å². The maximum Gasteiger partial charge on any atom is 0.341 e. The maximum absolute atomic E-state index is 13.0. The number of ether oxygens (including phenoxy) is 1. The number of benzene rings is 1. The van der Waals surface area contributed by atoms with Gasteiger partial charge < -0.3 is 10.1 Å². The highest BCUT2D eigenvalue weighted by atomic mass is 32.1. The quantitative estimate of drug-likeness (QED) is 0.669. The first kappa shape index (κ1) is 19.3. The van der Waals surface area contributed by atoms with E-state index >= 15 is 0 Å². The lowest BCUT2D eigenvalue weighted by Gasteiger charge is -2.12. The number of nitrogens with zero attached hydrogens (tertiary/aromatic N) is 2. The van der Waals surface area contributed by atoms with E-state index in [1.165, 1.54) is 23.1 Å². The summed E-state index contributed by atoms with van der Waals surface area (Å²) in [4.78, 5) is 39.3. The fraction of sp³-hybridized carbons (Fsp3) is 0.333. The Hall–Kier alpha value is -3.00. The molecular formula is C21H21N3O4S. The van der Waals surface area contributed by atoms with Gasteiger partial charge in [0, 0.05) is 11.9 Å². The predicted molar refractivity (Wildman–Crippen MR) is 112 cm³/mol. The lowest BCUT2D eigenvalue weighted by atomic mass is 9.95. The number of thiophene rings is 1. The van der Waals surface area contributed by atoms with Gasteiger partial charge in [-0.1, -0.05) is 11.6 Å². The molecule has 1 aromatic carbocycles. The zero-order valence-electron chi connectivity index (χ0n) is 16.5. The Morgan fingerprint density at radius 2 is 2.00 bits per heavy atom. The van der Waals surface area contributed by atoms with Crippen molar-refractivity contribution in [1.29, 1.82) is 0 Å². The van der Waals surface area contributed by atoms with Crippen LogP contribution in [0.4, 0.5) is 5.00 Å². The molecule has 4 rings (SSSR count). The summed E-state index contributed by atoms with van der Waals surface area (Å²) in [7, 11) is 3.02. The summed E-state index contributed by atoms with van der Waals surface area (Å²) in [6.45, 7) is 1.89. The normalized spacial score (nSPS) is 13.2. The Balaban J connectivity index is 1.78. The molecule has 0 saturated heterocycles. The second-order valence-corrected chi connectivity index (χ2v) is 8.29. The summed E-state index contributed by atoms with van der Waals surface area (Å²) in [6, 6.07) is 5.45. The molecule has 1 aliphatic carbocycles. The van der Waals surface area contributed by atoms with Crippen molar-refractivity contribution in [2.24, 2.45) is 7.05 Å². The molecule has 0 unspecified atom stereocenters. The number of methoxy groups -OCH3 is 1. The van der Waals surface area contributed by atoms with Gasteiger partial charge in [-0.2, -0.15) is 5.10 Å². The summed E-state index contributed by atoms with van der Waals surface area (Å²) in [6.07, 6.45) is 3.69. The maximum atomic E-state index is 13.0. The minimum atomic E-state index is -0.627. The van der Waals surface area contributed by atoms with E-state index in [-0.39, 0.29) is 5.69 Å². The minimum Gasteiger partial charge on any atom is -0.465 e. The van der Waals surface area contributed by atoms with Gasteiger partial charge in [0.1, 0.15) is 5.00 Å². The zero-order valence-corrected chi connectivity index (χ0v) is 17.3. The molecule has 0 atom stereocenters. The van der Waals surface area contributed by atoms with Gasteiger partial charge in [-0.3, -0.25) is 14.3 Å². The molecule has 0 radical (unpaired) electrons. The van der Waals surface area contributed by atoms with E-state index in [0.717, 1.165) is 41.7 Å². The molecule has 0 fully saturated rings. The Bertz CT molecular complexity index is 1210. The highest BCUT2D eigenvalue weighted by Crippen LogP contribution is 2.38. The van der Waals surface area contributed by atoms with Crippen LogP contribution in [-0.4, -0.2) is 28.8 Å².